The van der Waals surface area contributed by atoms with Gasteiger partial charge in [-0.05, 0) is 50.3 Å². The van der Waals surface area contributed by atoms with Gasteiger partial charge in [-0.1, -0.05) is 18.5 Å². The van der Waals surface area contributed by atoms with Crippen LogP contribution >= 0.6 is 11.6 Å². The minimum atomic E-state index is -3.57. The lowest BCUT2D eigenvalue weighted by atomic mass is 9.98. The molecule has 1 aromatic carbocycles. The van der Waals surface area contributed by atoms with Crippen LogP contribution < -0.4 is 9.62 Å². The number of hydrogen-bond acceptors (Lipinski definition) is 6. The number of aryl methyl sites for hydroxylation is 1. The van der Waals surface area contributed by atoms with E-state index in [1.807, 2.05) is 17.5 Å². The molecule has 4 heterocycles. The third-order valence-electron chi connectivity index (χ3n) is 6.61. The number of sulfonamides is 1. The highest BCUT2D eigenvalue weighted by Crippen LogP contribution is 2.34. The molecule has 1 amide bonds. The van der Waals surface area contributed by atoms with Gasteiger partial charge in [0.15, 0.2) is 5.65 Å². The maximum Gasteiger partial charge on any atom is 0.256 e. The first-order valence-electron chi connectivity index (χ1n) is 11.8. The molecule has 1 N–H and O–H groups in total. The van der Waals surface area contributed by atoms with Gasteiger partial charge in [0, 0.05) is 42.5 Å². The number of hydrogen-bond donors (Lipinski definition) is 1. The largest absolute Gasteiger partial charge is 0.356 e. The van der Waals surface area contributed by atoms with Crippen molar-refractivity contribution in [3.05, 3.63) is 52.3 Å². The highest BCUT2D eigenvalue weighted by atomic mass is 35.5. The van der Waals surface area contributed by atoms with Crippen molar-refractivity contribution in [2.45, 2.75) is 39.2 Å². The summed E-state index contributed by atoms with van der Waals surface area (Å²) in [5, 5.41) is 5.19. The molecule has 1 unspecified atom stereocenters. The molecule has 0 radical (unpaired) electrons. The number of piperidine rings is 1. The van der Waals surface area contributed by atoms with Gasteiger partial charge >= 0.3 is 0 Å². The van der Waals surface area contributed by atoms with Crippen LogP contribution in [-0.2, 0) is 10.0 Å². The van der Waals surface area contributed by atoms with Crippen LogP contribution in [0.15, 0.2) is 30.3 Å². The molecule has 2 aliphatic rings. The van der Waals surface area contributed by atoms with Gasteiger partial charge in [0.1, 0.15) is 5.82 Å². The number of fused-ring (bicyclic) bond motifs is 1. The van der Waals surface area contributed by atoms with Crippen LogP contribution in [-0.4, -0.2) is 59.7 Å². The topological polar surface area (TPSA) is 99.9 Å². The van der Waals surface area contributed by atoms with E-state index in [9.17, 15) is 13.2 Å². The minimum absolute atomic E-state index is 0.215. The molecule has 2 aliphatic heterocycles. The maximum absolute atomic E-state index is 13.7. The summed E-state index contributed by atoms with van der Waals surface area (Å²) in [5.74, 6) is 1.34. The second-order valence-electron chi connectivity index (χ2n) is 9.68. The van der Waals surface area contributed by atoms with Gasteiger partial charge in [-0.3, -0.25) is 9.52 Å². The monoisotopic (exact) mass is 516 g/mol. The number of benzene rings is 1. The fourth-order valence-electron chi connectivity index (χ4n) is 4.96. The van der Waals surface area contributed by atoms with E-state index in [4.69, 9.17) is 21.7 Å². The van der Waals surface area contributed by atoms with Crippen LogP contribution in [0.3, 0.4) is 0 Å². The van der Waals surface area contributed by atoms with Crippen molar-refractivity contribution in [1.29, 1.82) is 0 Å². The quantitative estimate of drug-likeness (QED) is 0.552. The predicted molar refractivity (Wildman–Crippen MR) is 137 cm³/mol. The summed E-state index contributed by atoms with van der Waals surface area (Å²) in [7, 11) is -3.57. The normalized spacial score (nSPS) is 19.1. The first kappa shape index (κ1) is 23.9. The SMILES string of the molecule is Cc1cc(N2CC(C)C2)nc2cc(C3CCCCN3C(=O)c3cc(Cl)ccc3NS(C)(=O)=O)nn12. The average molecular weight is 517 g/mol. The number of likely N-dealkylation sites (tertiary alicyclic amines) is 1. The van der Waals surface area contributed by atoms with Gasteiger partial charge in [-0.2, -0.15) is 5.10 Å². The van der Waals surface area contributed by atoms with Gasteiger partial charge in [0.05, 0.1) is 29.2 Å². The standard InChI is InChI=1S/C24H29ClN6O3S/c1-15-13-29(14-15)22-10-16(2)31-23(26-22)12-20(27-31)21-6-4-5-9-30(21)24(32)18-11-17(25)7-8-19(18)28-35(3,33)34/h7-8,10-12,15,21,28H,4-6,9,13-14H2,1-3H3. The van der Waals surface area contributed by atoms with Crippen molar-refractivity contribution in [3.8, 4) is 0 Å². The van der Waals surface area contributed by atoms with Gasteiger partial charge < -0.3 is 9.80 Å². The van der Waals surface area contributed by atoms with Gasteiger partial charge in [0.2, 0.25) is 10.0 Å². The van der Waals surface area contributed by atoms with Crippen LogP contribution in [0, 0.1) is 12.8 Å². The van der Waals surface area contributed by atoms with Crippen LogP contribution in [0.25, 0.3) is 5.65 Å². The third kappa shape index (κ3) is 4.81. The lowest BCUT2D eigenvalue weighted by Gasteiger charge is -2.38. The number of halogens is 1. The second-order valence-corrected chi connectivity index (χ2v) is 11.9. The molecule has 0 aliphatic carbocycles. The van der Waals surface area contributed by atoms with Gasteiger partial charge in [-0.15, -0.1) is 0 Å². The zero-order valence-corrected chi connectivity index (χ0v) is 21.6. The molecule has 1 atom stereocenters. The summed E-state index contributed by atoms with van der Waals surface area (Å²) in [6, 6.07) is 8.37. The number of nitrogens with one attached hydrogen (secondary N) is 1. The Kier molecular flexibility index (Phi) is 6.13. The number of carbonyl (C=O) groups excluding carboxylic acids is 1. The Morgan fingerprint density at radius 3 is 2.66 bits per heavy atom. The number of aromatic nitrogens is 3. The van der Waals surface area contributed by atoms with E-state index in [0.717, 1.165) is 61.5 Å². The molecule has 0 bridgehead atoms. The van der Waals surface area contributed by atoms with Crippen molar-refractivity contribution in [1.82, 2.24) is 19.5 Å². The van der Waals surface area contributed by atoms with Crippen molar-refractivity contribution < 1.29 is 13.2 Å². The molecule has 2 saturated heterocycles. The molecule has 186 valence electrons. The Morgan fingerprint density at radius 1 is 1.17 bits per heavy atom. The van der Waals surface area contributed by atoms with E-state index in [0.29, 0.717) is 17.5 Å². The number of rotatable bonds is 5. The van der Waals surface area contributed by atoms with Crippen LogP contribution in [0.5, 0.6) is 0 Å². The zero-order chi connectivity index (χ0) is 24.9. The summed E-state index contributed by atoms with van der Waals surface area (Å²) >= 11 is 6.19. The summed E-state index contributed by atoms with van der Waals surface area (Å²) < 4.78 is 28.0. The lowest BCUT2D eigenvalue weighted by molar-refractivity contribution is 0.0607. The Labute approximate surface area is 210 Å². The second kappa shape index (κ2) is 8.98. The maximum atomic E-state index is 13.7. The fraction of sp³-hybridized carbons (Fsp3) is 0.458. The van der Waals surface area contributed by atoms with Crippen molar-refractivity contribution in [2.75, 3.05) is 35.5 Å². The fourth-order valence-corrected chi connectivity index (χ4v) is 5.71. The van der Waals surface area contributed by atoms with E-state index in [2.05, 4.69) is 22.6 Å². The van der Waals surface area contributed by atoms with E-state index >= 15 is 0 Å². The summed E-state index contributed by atoms with van der Waals surface area (Å²) in [5.41, 5.74) is 2.96. The molecule has 3 aromatic rings. The minimum Gasteiger partial charge on any atom is -0.356 e. The Hall–Kier alpha value is -2.85. The molecule has 5 rings (SSSR count). The highest BCUT2D eigenvalue weighted by Gasteiger charge is 2.33. The van der Waals surface area contributed by atoms with Gasteiger partial charge in [0.25, 0.3) is 5.91 Å². The summed E-state index contributed by atoms with van der Waals surface area (Å²) in [6.07, 6.45) is 3.65. The van der Waals surface area contributed by atoms with E-state index in [1.54, 1.807) is 11.0 Å². The zero-order valence-electron chi connectivity index (χ0n) is 20.0. The summed E-state index contributed by atoms with van der Waals surface area (Å²) in [4.78, 5) is 22.6. The Bertz CT molecular complexity index is 1400. The molecule has 2 fully saturated rings. The molecule has 35 heavy (non-hydrogen) atoms. The Morgan fingerprint density at radius 2 is 1.94 bits per heavy atom. The van der Waals surface area contributed by atoms with E-state index < -0.39 is 10.0 Å². The molecule has 11 heteroatoms. The van der Waals surface area contributed by atoms with Crippen molar-refractivity contribution in [2.24, 2.45) is 5.92 Å². The Balaban J connectivity index is 1.49. The molecule has 2 aromatic heterocycles. The molecule has 0 saturated carbocycles. The molecular formula is C24H29ClN6O3S. The van der Waals surface area contributed by atoms with Crippen LogP contribution in [0.4, 0.5) is 11.5 Å². The highest BCUT2D eigenvalue weighted by molar-refractivity contribution is 7.92. The number of anilines is 2. The van der Waals surface area contributed by atoms with Crippen LogP contribution in [0.2, 0.25) is 5.02 Å². The van der Waals surface area contributed by atoms with Crippen molar-refractivity contribution >= 4 is 44.7 Å². The van der Waals surface area contributed by atoms with Gasteiger partial charge in [-0.25, -0.2) is 17.9 Å². The first-order chi connectivity index (χ1) is 16.6. The molecule has 9 nitrogen and oxygen atoms in total. The number of amides is 1. The number of nitrogens with zero attached hydrogens (tertiary/aromatic N) is 5. The smallest absolute Gasteiger partial charge is 0.256 e. The van der Waals surface area contributed by atoms with E-state index in [1.165, 1.54) is 12.1 Å². The average Bonchev–Trinajstić information content (AvgIpc) is 3.21. The van der Waals surface area contributed by atoms with E-state index in [-0.39, 0.29) is 23.2 Å². The third-order valence-corrected chi connectivity index (χ3v) is 7.44. The van der Waals surface area contributed by atoms with Crippen molar-refractivity contribution in [3.63, 3.8) is 0 Å². The van der Waals surface area contributed by atoms with Crippen LogP contribution in [0.1, 0.15) is 54.0 Å². The summed E-state index contributed by atoms with van der Waals surface area (Å²) in [6.45, 7) is 6.78. The predicted octanol–water partition coefficient (Wildman–Crippen LogP) is 3.89. The molecular weight excluding hydrogens is 488 g/mol. The lowest BCUT2D eigenvalue weighted by Crippen LogP contribution is -2.45. The first-order valence-corrected chi connectivity index (χ1v) is 14.1. The molecule has 0 spiro atoms. The number of carbonyl (C=O) groups is 1.